The van der Waals surface area contributed by atoms with Gasteiger partial charge in [0.15, 0.2) is 0 Å². The summed E-state index contributed by atoms with van der Waals surface area (Å²) >= 11 is 0. The summed E-state index contributed by atoms with van der Waals surface area (Å²) in [4.78, 5) is 9.55. The summed E-state index contributed by atoms with van der Waals surface area (Å²) in [5, 5.41) is 2.36. The van der Waals surface area contributed by atoms with Crippen LogP contribution in [0.15, 0.2) is 97.3 Å². The lowest BCUT2D eigenvalue weighted by Gasteiger charge is -2.19. The van der Waals surface area contributed by atoms with Crippen molar-refractivity contribution in [1.82, 2.24) is 19.1 Å². The molecule has 0 fully saturated rings. The largest absolute Gasteiger partial charge is 0.308 e. The van der Waals surface area contributed by atoms with Gasteiger partial charge in [0, 0.05) is 34.5 Å². The van der Waals surface area contributed by atoms with E-state index in [0.717, 1.165) is 39.0 Å². The Morgan fingerprint density at radius 1 is 0.568 bits per heavy atom. The van der Waals surface area contributed by atoms with E-state index in [2.05, 4.69) is 110 Å². The molecule has 0 aliphatic rings. The van der Waals surface area contributed by atoms with Crippen LogP contribution in [0.3, 0.4) is 0 Å². The molecule has 0 saturated heterocycles. The lowest BCUT2D eigenvalue weighted by Crippen LogP contribution is -2.10. The number of rotatable bonds is 2. The summed E-state index contributed by atoms with van der Waals surface area (Å²) in [5.41, 5.74) is 11.4. The number of nitrogens with zero attached hydrogens (tertiary/aromatic N) is 4. The molecule has 3 aromatic carbocycles. The summed E-state index contributed by atoms with van der Waals surface area (Å²) in [5.74, 6) is 0. The Morgan fingerprint density at radius 2 is 1.14 bits per heavy atom. The van der Waals surface area contributed by atoms with E-state index in [1.807, 2.05) is 24.5 Å². The highest BCUT2D eigenvalue weighted by Gasteiger charge is 2.19. The fourth-order valence-electron chi connectivity index (χ4n) is 5.58. The number of aryl methyl sites for hydroxylation is 1. The second kappa shape index (κ2) is 7.78. The van der Waals surface area contributed by atoms with E-state index in [1.165, 1.54) is 27.4 Å². The maximum absolute atomic E-state index is 4.81. The third kappa shape index (κ3) is 3.29. The van der Waals surface area contributed by atoms with Crippen molar-refractivity contribution in [3.8, 4) is 11.4 Å². The summed E-state index contributed by atoms with van der Waals surface area (Å²) in [6.45, 7) is 8.90. The first kappa shape index (κ1) is 21.8. The lowest BCUT2D eigenvalue weighted by molar-refractivity contribution is 0.591. The SMILES string of the molecule is Cc1ccc2c(c1)c1ncccc1n2-c1cccc(-n2c3ccc(C(C)(C)C)cc3c3ncccc32)c1. The molecule has 0 bridgehead atoms. The first-order chi connectivity index (χ1) is 17.9. The number of aromatic nitrogens is 4. The molecular formula is C33H28N4. The molecule has 0 spiro atoms. The Bertz CT molecular complexity index is 1980. The molecule has 4 nitrogen and oxygen atoms in total. The van der Waals surface area contributed by atoms with Crippen molar-refractivity contribution in [1.29, 1.82) is 0 Å². The van der Waals surface area contributed by atoms with E-state index in [-0.39, 0.29) is 5.41 Å². The van der Waals surface area contributed by atoms with Crippen LogP contribution in [0.2, 0.25) is 0 Å². The van der Waals surface area contributed by atoms with Gasteiger partial charge in [-0.1, -0.05) is 44.5 Å². The smallest absolute Gasteiger partial charge is 0.0963 e. The maximum Gasteiger partial charge on any atom is 0.0963 e. The molecule has 0 aliphatic heterocycles. The van der Waals surface area contributed by atoms with Crippen LogP contribution in [0.1, 0.15) is 31.9 Å². The van der Waals surface area contributed by atoms with Crippen molar-refractivity contribution < 1.29 is 0 Å². The normalized spacial score (nSPS) is 12.3. The van der Waals surface area contributed by atoms with Crippen molar-refractivity contribution in [2.45, 2.75) is 33.1 Å². The highest BCUT2D eigenvalue weighted by Crippen LogP contribution is 2.36. The fourth-order valence-corrected chi connectivity index (χ4v) is 5.58. The Morgan fingerprint density at radius 3 is 1.73 bits per heavy atom. The van der Waals surface area contributed by atoms with E-state index in [4.69, 9.17) is 9.97 Å². The topological polar surface area (TPSA) is 35.6 Å². The standard InChI is InChI=1S/C33H28N4/c1-21-12-14-27-25(18-21)31-29(10-6-16-34-31)36(27)23-8-5-9-24(20-23)37-28-15-13-22(33(2,3)4)19-26(28)32-30(37)11-7-17-35-32/h5-20H,1-4H3. The number of benzene rings is 3. The van der Waals surface area contributed by atoms with Crippen molar-refractivity contribution in [2.75, 3.05) is 0 Å². The van der Waals surface area contributed by atoms with Crippen LogP contribution in [-0.2, 0) is 5.41 Å². The minimum Gasteiger partial charge on any atom is -0.308 e. The summed E-state index contributed by atoms with van der Waals surface area (Å²) in [6, 6.07) is 30.6. The molecule has 4 aromatic heterocycles. The maximum atomic E-state index is 4.81. The van der Waals surface area contributed by atoms with Crippen molar-refractivity contribution in [3.05, 3.63) is 108 Å². The van der Waals surface area contributed by atoms with E-state index in [9.17, 15) is 0 Å². The highest BCUT2D eigenvalue weighted by molar-refractivity contribution is 6.08. The van der Waals surface area contributed by atoms with Crippen LogP contribution in [0, 0.1) is 6.92 Å². The molecule has 0 saturated carbocycles. The first-order valence-corrected chi connectivity index (χ1v) is 12.8. The Labute approximate surface area is 215 Å². The Hall–Kier alpha value is -4.44. The van der Waals surface area contributed by atoms with Crippen molar-refractivity contribution in [2.24, 2.45) is 0 Å². The van der Waals surface area contributed by atoms with Crippen LogP contribution in [0.5, 0.6) is 0 Å². The van der Waals surface area contributed by atoms with Gasteiger partial charge in [-0.05, 0) is 84.6 Å². The highest BCUT2D eigenvalue weighted by atomic mass is 15.0. The van der Waals surface area contributed by atoms with E-state index in [0.29, 0.717) is 0 Å². The molecular weight excluding hydrogens is 452 g/mol. The van der Waals surface area contributed by atoms with Gasteiger partial charge in [0.25, 0.3) is 0 Å². The third-order valence-electron chi connectivity index (χ3n) is 7.41. The van der Waals surface area contributed by atoms with Crippen molar-refractivity contribution in [3.63, 3.8) is 0 Å². The molecule has 0 aliphatic carbocycles. The second-order valence-corrected chi connectivity index (χ2v) is 10.9. The van der Waals surface area contributed by atoms with Gasteiger partial charge in [0.1, 0.15) is 0 Å². The lowest BCUT2D eigenvalue weighted by atomic mass is 9.86. The van der Waals surface area contributed by atoms with Gasteiger partial charge in [-0.2, -0.15) is 0 Å². The summed E-state index contributed by atoms with van der Waals surface area (Å²) in [6.07, 6.45) is 3.77. The fraction of sp³-hybridized carbons (Fsp3) is 0.152. The molecule has 0 unspecified atom stereocenters. The predicted molar refractivity (Wildman–Crippen MR) is 154 cm³/mol. The van der Waals surface area contributed by atoms with E-state index < -0.39 is 0 Å². The van der Waals surface area contributed by atoms with E-state index >= 15 is 0 Å². The molecule has 0 radical (unpaired) electrons. The average molecular weight is 481 g/mol. The van der Waals surface area contributed by atoms with Gasteiger partial charge >= 0.3 is 0 Å². The minimum absolute atomic E-state index is 0.0697. The zero-order valence-corrected chi connectivity index (χ0v) is 21.5. The predicted octanol–water partition coefficient (Wildman–Crippen LogP) is 8.28. The van der Waals surface area contributed by atoms with Crippen LogP contribution in [0.4, 0.5) is 0 Å². The molecule has 7 aromatic rings. The molecule has 0 N–H and O–H groups in total. The summed E-state index contributed by atoms with van der Waals surface area (Å²) in [7, 11) is 0. The molecule has 7 rings (SSSR count). The van der Waals surface area contributed by atoms with Crippen LogP contribution < -0.4 is 0 Å². The van der Waals surface area contributed by atoms with Gasteiger partial charge in [0.2, 0.25) is 0 Å². The monoisotopic (exact) mass is 480 g/mol. The zero-order valence-electron chi connectivity index (χ0n) is 21.5. The first-order valence-electron chi connectivity index (χ1n) is 12.8. The van der Waals surface area contributed by atoms with Gasteiger partial charge < -0.3 is 9.13 Å². The van der Waals surface area contributed by atoms with Gasteiger partial charge in [-0.3, -0.25) is 9.97 Å². The summed E-state index contributed by atoms with van der Waals surface area (Å²) < 4.78 is 4.66. The average Bonchev–Trinajstić information content (AvgIpc) is 3.40. The van der Waals surface area contributed by atoms with E-state index in [1.54, 1.807) is 0 Å². The Balaban J connectivity index is 1.51. The number of hydrogen-bond acceptors (Lipinski definition) is 2. The molecule has 37 heavy (non-hydrogen) atoms. The Kier molecular flexibility index (Phi) is 4.58. The number of fused-ring (bicyclic) bond motifs is 6. The van der Waals surface area contributed by atoms with Crippen LogP contribution in [0.25, 0.3) is 55.2 Å². The van der Waals surface area contributed by atoms with Crippen molar-refractivity contribution >= 4 is 43.9 Å². The number of hydrogen-bond donors (Lipinski definition) is 0. The van der Waals surface area contributed by atoms with Gasteiger partial charge in [0.05, 0.1) is 33.1 Å². The number of pyridine rings is 2. The van der Waals surface area contributed by atoms with Gasteiger partial charge in [-0.25, -0.2) is 0 Å². The van der Waals surface area contributed by atoms with Gasteiger partial charge in [-0.15, -0.1) is 0 Å². The molecule has 180 valence electrons. The van der Waals surface area contributed by atoms with Crippen LogP contribution in [-0.4, -0.2) is 19.1 Å². The third-order valence-corrected chi connectivity index (χ3v) is 7.41. The second-order valence-electron chi connectivity index (χ2n) is 10.9. The van der Waals surface area contributed by atoms with Crippen LogP contribution >= 0.6 is 0 Å². The molecule has 0 amide bonds. The minimum atomic E-state index is 0.0697. The molecule has 4 heteroatoms. The molecule has 0 atom stereocenters. The zero-order chi connectivity index (χ0) is 25.3. The molecule has 4 heterocycles. The quantitative estimate of drug-likeness (QED) is 0.250.